The van der Waals surface area contributed by atoms with Crippen molar-refractivity contribution in [1.82, 2.24) is 5.32 Å². The first-order valence-corrected chi connectivity index (χ1v) is 8.32. The summed E-state index contributed by atoms with van der Waals surface area (Å²) < 4.78 is 4.81. The Balaban J connectivity index is 1.81. The Morgan fingerprint density at radius 1 is 1.04 bits per heavy atom. The smallest absolute Gasteiger partial charge is 0.338 e. The fourth-order valence-electron chi connectivity index (χ4n) is 2.39. The lowest BCUT2D eigenvalue weighted by Crippen LogP contribution is -2.35. The van der Waals surface area contributed by atoms with Crippen molar-refractivity contribution in [2.24, 2.45) is 0 Å². The van der Waals surface area contributed by atoms with E-state index < -0.39 is 29.3 Å². The van der Waals surface area contributed by atoms with Gasteiger partial charge in [-0.25, -0.2) is 4.79 Å². The van der Waals surface area contributed by atoms with Gasteiger partial charge in [0.1, 0.15) is 0 Å². The first-order valence-electron chi connectivity index (χ1n) is 8.32. The Labute approximate surface area is 160 Å². The summed E-state index contributed by atoms with van der Waals surface area (Å²) in [7, 11) is 0. The van der Waals surface area contributed by atoms with Crippen LogP contribution < -0.4 is 10.6 Å². The molecular formula is C19H19N3O6. The predicted molar refractivity (Wildman–Crippen MR) is 101 cm³/mol. The van der Waals surface area contributed by atoms with Crippen molar-refractivity contribution in [2.75, 3.05) is 18.5 Å². The number of aryl methyl sites for hydroxylation is 2. The van der Waals surface area contributed by atoms with Crippen LogP contribution in [0, 0.1) is 24.0 Å². The van der Waals surface area contributed by atoms with E-state index in [1.54, 1.807) is 0 Å². The lowest BCUT2D eigenvalue weighted by molar-refractivity contribution is -0.384. The number of para-hydroxylation sites is 1. The summed E-state index contributed by atoms with van der Waals surface area (Å²) in [6.45, 7) is 2.81. The van der Waals surface area contributed by atoms with Gasteiger partial charge in [-0.15, -0.1) is 0 Å². The first kappa shape index (κ1) is 20.6. The number of amides is 2. The molecule has 0 unspecified atom stereocenters. The zero-order valence-electron chi connectivity index (χ0n) is 15.4. The van der Waals surface area contributed by atoms with E-state index in [0.29, 0.717) is 5.69 Å². The molecule has 9 heteroatoms. The van der Waals surface area contributed by atoms with Gasteiger partial charge < -0.3 is 15.4 Å². The molecule has 2 aromatic rings. The normalized spacial score (nSPS) is 10.1. The number of anilines is 1. The monoisotopic (exact) mass is 385 g/mol. The van der Waals surface area contributed by atoms with E-state index in [2.05, 4.69) is 10.6 Å². The maximum absolute atomic E-state index is 12.0. The highest BCUT2D eigenvalue weighted by Crippen LogP contribution is 2.19. The van der Waals surface area contributed by atoms with Crippen molar-refractivity contribution >= 4 is 29.2 Å². The number of carbonyl (C=O) groups is 3. The number of ether oxygens (including phenoxy) is 1. The van der Waals surface area contributed by atoms with Crippen LogP contribution in [0.25, 0.3) is 0 Å². The van der Waals surface area contributed by atoms with Crippen LogP contribution in [-0.4, -0.2) is 35.9 Å². The molecule has 0 heterocycles. The van der Waals surface area contributed by atoms with Crippen molar-refractivity contribution in [1.29, 1.82) is 0 Å². The number of esters is 1. The van der Waals surface area contributed by atoms with Crippen molar-refractivity contribution in [2.45, 2.75) is 13.8 Å². The summed E-state index contributed by atoms with van der Waals surface area (Å²) in [6, 6.07) is 10.6. The zero-order valence-corrected chi connectivity index (χ0v) is 15.4. The number of nitro benzene ring substituents is 1. The molecule has 0 aliphatic carbocycles. The number of rotatable bonds is 7. The van der Waals surface area contributed by atoms with Crippen LogP contribution >= 0.6 is 0 Å². The van der Waals surface area contributed by atoms with Crippen LogP contribution in [0.1, 0.15) is 21.5 Å². The van der Waals surface area contributed by atoms with Gasteiger partial charge in [-0.1, -0.05) is 24.3 Å². The Morgan fingerprint density at radius 3 is 2.32 bits per heavy atom. The third-order valence-corrected chi connectivity index (χ3v) is 3.82. The van der Waals surface area contributed by atoms with Gasteiger partial charge in [0.05, 0.1) is 17.0 Å². The number of nitrogens with zero attached hydrogens (tertiary/aromatic N) is 1. The number of hydrogen-bond donors (Lipinski definition) is 2. The molecule has 0 aliphatic rings. The van der Waals surface area contributed by atoms with Gasteiger partial charge in [0.25, 0.3) is 11.6 Å². The van der Waals surface area contributed by atoms with Crippen molar-refractivity contribution in [3.63, 3.8) is 0 Å². The molecule has 28 heavy (non-hydrogen) atoms. The quantitative estimate of drug-likeness (QED) is 0.427. The van der Waals surface area contributed by atoms with Gasteiger partial charge in [0.2, 0.25) is 5.91 Å². The summed E-state index contributed by atoms with van der Waals surface area (Å²) in [4.78, 5) is 45.7. The maximum Gasteiger partial charge on any atom is 0.338 e. The van der Waals surface area contributed by atoms with E-state index in [-0.39, 0.29) is 17.8 Å². The number of nitro groups is 1. The first-order chi connectivity index (χ1) is 13.3. The van der Waals surface area contributed by atoms with Crippen LogP contribution in [0.3, 0.4) is 0 Å². The number of benzene rings is 2. The maximum atomic E-state index is 12.0. The Hall–Kier alpha value is -3.75. The van der Waals surface area contributed by atoms with Crippen LogP contribution in [0.5, 0.6) is 0 Å². The van der Waals surface area contributed by atoms with Crippen LogP contribution in [-0.2, 0) is 14.3 Å². The van der Waals surface area contributed by atoms with Crippen LogP contribution in [0.2, 0.25) is 0 Å². The Kier molecular flexibility index (Phi) is 6.80. The Bertz CT molecular complexity index is 905. The summed E-state index contributed by atoms with van der Waals surface area (Å²) in [5.41, 5.74) is 2.16. The highest BCUT2D eigenvalue weighted by Gasteiger charge is 2.15. The molecule has 0 saturated heterocycles. The minimum atomic E-state index is -0.876. The molecule has 0 bridgehead atoms. The fourth-order valence-corrected chi connectivity index (χ4v) is 2.39. The summed E-state index contributed by atoms with van der Waals surface area (Å²) in [5.74, 6) is -1.97. The average Bonchev–Trinajstić information content (AvgIpc) is 2.67. The second-order valence-corrected chi connectivity index (χ2v) is 5.98. The van der Waals surface area contributed by atoms with Gasteiger partial charge in [-0.2, -0.15) is 0 Å². The molecule has 0 radical (unpaired) electrons. The molecule has 0 aliphatic heterocycles. The van der Waals surface area contributed by atoms with Crippen molar-refractivity contribution in [3.05, 3.63) is 69.3 Å². The summed E-state index contributed by atoms with van der Waals surface area (Å²) in [5, 5.41) is 15.8. The van der Waals surface area contributed by atoms with Gasteiger partial charge in [0, 0.05) is 17.8 Å². The molecule has 2 amide bonds. The summed E-state index contributed by atoms with van der Waals surface area (Å²) >= 11 is 0. The molecule has 2 N–H and O–H groups in total. The van der Waals surface area contributed by atoms with Gasteiger partial charge in [-0.3, -0.25) is 19.7 Å². The van der Waals surface area contributed by atoms with E-state index in [1.807, 2.05) is 32.0 Å². The minimum absolute atomic E-state index is 0.0465. The van der Waals surface area contributed by atoms with E-state index in [0.717, 1.165) is 17.2 Å². The molecule has 9 nitrogen and oxygen atoms in total. The van der Waals surface area contributed by atoms with Gasteiger partial charge >= 0.3 is 5.97 Å². The lowest BCUT2D eigenvalue weighted by atomic mass is 10.1. The summed E-state index contributed by atoms with van der Waals surface area (Å²) in [6.07, 6.45) is 0. The van der Waals surface area contributed by atoms with E-state index in [4.69, 9.17) is 4.74 Å². The molecule has 0 spiro atoms. The van der Waals surface area contributed by atoms with Gasteiger partial charge in [-0.05, 0) is 31.0 Å². The van der Waals surface area contributed by atoms with Crippen molar-refractivity contribution in [3.8, 4) is 0 Å². The van der Waals surface area contributed by atoms with Crippen LogP contribution in [0.15, 0.2) is 42.5 Å². The lowest BCUT2D eigenvalue weighted by Gasteiger charge is -2.12. The number of hydrogen-bond acceptors (Lipinski definition) is 6. The topological polar surface area (TPSA) is 128 Å². The van der Waals surface area contributed by atoms with Crippen LogP contribution in [0.4, 0.5) is 11.4 Å². The molecular weight excluding hydrogens is 366 g/mol. The molecule has 0 fully saturated rings. The highest BCUT2D eigenvalue weighted by molar-refractivity contribution is 5.96. The third-order valence-electron chi connectivity index (χ3n) is 3.82. The van der Waals surface area contributed by atoms with E-state index >= 15 is 0 Å². The highest BCUT2D eigenvalue weighted by atomic mass is 16.6. The molecule has 2 rings (SSSR count). The second-order valence-electron chi connectivity index (χ2n) is 5.98. The molecule has 2 aromatic carbocycles. The third kappa shape index (κ3) is 5.63. The average molecular weight is 385 g/mol. The SMILES string of the molecule is Cc1cccc(C)c1NC(=O)CNC(=O)COC(=O)c1cccc([N+](=O)[O-])c1. The Morgan fingerprint density at radius 2 is 1.68 bits per heavy atom. The van der Waals surface area contributed by atoms with E-state index in [1.165, 1.54) is 18.2 Å². The van der Waals surface area contributed by atoms with Crippen molar-refractivity contribution < 1.29 is 24.0 Å². The van der Waals surface area contributed by atoms with Gasteiger partial charge in [0.15, 0.2) is 6.61 Å². The predicted octanol–water partition coefficient (Wildman–Crippen LogP) is 2.12. The number of carbonyl (C=O) groups excluding carboxylic acids is 3. The number of non-ortho nitro benzene ring substituents is 1. The van der Waals surface area contributed by atoms with E-state index in [9.17, 15) is 24.5 Å². The number of nitrogens with one attached hydrogen (secondary N) is 2. The zero-order chi connectivity index (χ0) is 20.7. The fraction of sp³-hybridized carbons (Fsp3) is 0.211. The standard InChI is InChI=1S/C19H19N3O6/c1-12-5-3-6-13(2)18(12)21-16(23)10-20-17(24)11-28-19(25)14-7-4-8-15(9-14)22(26)27/h3-9H,10-11H2,1-2H3,(H,20,24)(H,21,23). The molecule has 0 atom stereocenters. The largest absolute Gasteiger partial charge is 0.452 e. The molecule has 0 aromatic heterocycles. The molecule has 0 saturated carbocycles. The second kappa shape index (κ2) is 9.26. The minimum Gasteiger partial charge on any atom is -0.452 e. The molecule has 146 valence electrons.